The number of rotatable bonds is 4. The summed E-state index contributed by atoms with van der Waals surface area (Å²) in [5, 5.41) is 0. The monoisotopic (exact) mass is 252 g/mol. The van der Waals surface area contributed by atoms with Crippen LogP contribution < -0.4 is 5.73 Å². The molecule has 0 aromatic heterocycles. The second kappa shape index (κ2) is 5.33. The molecule has 0 saturated heterocycles. The smallest absolute Gasteiger partial charge is 0.328 e. The molecule has 5 heteroatoms. The van der Waals surface area contributed by atoms with E-state index in [0.717, 1.165) is 12.8 Å². The predicted octanol–water partition coefficient (Wildman–Crippen LogP) is 1.82. The Balaban J connectivity index is 3.33. The highest BCUT2D eigenvalue weighted by Gasteiger charge is 2.43. The van der Waals surface area contributed by atoms with Gasteiger partial charge >= 0.3 is 6.03 Å². The molecular formula is C13H20N2O3. The molecule has 0 radical (unpaired) electrons. The van der Waals surface area contributed by atoms with Crippen LogP contribution >= 0.6 is 0 Å². The molecule has 2 unspecified atom stereocenters. The number of imide groups is 3. The molecule has 4 amide bonds. The van der Waals surface area contributed by atoms with Gasteiger partial charge in [0.05, 0.1) is 0 Å². The zero-order valence-electron chi connectivity index (χ0n) is 11.3. The van der Waals surface area contributed by atoms with Gasteiger partial charge in [0.1, 0.15) is 0 Å². The van der Waals surface area contributed by atoms with E-state index in [1.807, 2.05) is 27.7 Å². The van der Waals surface area contributed by atoms with E-state index in [-0.39, 0.29) is 11.8 Å². The first kappa shape index (κ1) is 14.4. The Morgan fingerprint density at radius 3 is 1.61 bits per heavy atom. The van der Waals surface area contributed by atoms with Crippen LogP contribution in [0.15, 0.2) is 11.1 Å². The maximum Gasteiger partial charge on any atom is 0.328 e. The van der Waals surface area contributed by atoms with Gasteiger partial charge in [-0.25, -0.2) is 4.79 Å². The van der Waals surface area contributed by atoms with Crippen LogP contribution in [0.4, 0.5) is 4.79 Å². The fraction of sp³-hybridized carbons (Fsp3) is 0.615. The minimum absolute atomic E-state index is 0.0465. The Hall–Kier alpha value is -1.65. The topological polar surface area (TPSA) is 80.5 Å². The van der Waals surface area contributed by atoms with Crippen LogP contribution in [-0.4, -0.2) is 22.7 Å². The van der Waals surface area contributed by atoms with E-state index in [4.69, 9.17) is 5.73 Å². The van der Waals surface area contributed by atoms with Crippen molar-refractivity contribution in [2.75, 3.05) is 0 Å². The summed E-state index contributed by atoms with van der Waals surface area (Å²) in [6.45, 7) is 7.65. The Labute approximate surface area is 107 Å². The predicted molar refractivity (Wildman–Crippen MR) is 67.4 cm³/mol. The summed E-state index contributed by atoms with van der Waals surface area (Å²) < 4.78 is 0. The van der Waals surface area contributed by atoms with E-state index < -0.39 is 17.8 Å². The van der Waals surface area contributed by atoms with Crippen molar-refractivity contribution < 1.29 is 14.4 Å². The molecular weight excluding hydrogens is 232 g/mol. The molecule has 0 spiro atoms. The molecule has 0 fully saturated rings. The Morgan fingerprint density at radius 1 is 1.06 bits per heavy atom. The van der Waals surface area contributed by atoms with E-state index in [1.54, 1.807) is 0 Å². The Bertz CT molecular complexity index is 394. The normalized spacial score (nSPS) is 19.4. The summed E-state index contributed by atoms with van der Waals surface area (Å²) in [6.07, 6.45) is 1.47. The van der Waals surface area contributed by atoms with Gasteiger partial charge in [-0.3, -0.25) is 9.59 Å². The van der Waals surface area contributed by atoms with Crippen molar-refractivity contribution in [1.29, 1.82) is 0 Å². The van der Waals surface area contributed by atoms with Gasteiger partial charge in [-0.05, 0) is 24.7 Å². The van der Waals surface area contributed by atoms with Crippen molar-refractivity contribution in [2.45, 2.75) is 40.5 Å². The van der Waals surface area contributed by atoms with Gasteiger partial charge in [-0.2, -0.15) is 4.90 Å². The number of nitrogens with zero attached hydrogens (tertiary/aromatic N) is 1. The average molecular weight is 252 g/mol. The number of carbonyl (C=O) groups excluding carboxylic acids is 3. The van der Waals surface area contributed by atoms with E-state index in [9.17, 15) is 14.4 Å². The molecule has 100 valence electrons. The number of hydrogen-bond donors (Lipinski definition) is 1. The molecule has 18 heavy (non-hydrogen) atoms. The number of urea groups is 1. The molecule has 2 atom stereocenters. The van der Waals surface area contributed by atoms with Crippen molar-refractivity contribution in [3.8, 4) is 0 Å². The van der Waals surface area contributed by atoms with Gasteiger partial charge in [0.25, 0.3) is 11.8 Å². The van der Waals surface area contributed by atoms with Crippen molar-refractivity contribution in [1.82, 2.24) is 4.90 Å². The van der Waals surface area contributed by atoms with Crippen molar-refractivity contribution in [3.63, 3.8) is 0 Å². The summed E-state index contributed by atoms with van der Waals surface area (Å²) in [5.41, 5.74) is 6.01. The molecule has 1 aliphatic heterocycles. The van der Waals surface area contributed by atoms with Crippen LogP contribution in [0.2, 0.25) is 0 Å². The van der Waals surface area contributed by atoms with Crippen molar-refractivity contribution >= 4 is 17.8 Å². The van der Waals surface area contributed by atoms with Crippen molar-refractivity contribution in [2.24, 2.45) is 17.6 Å². The van der Waals surface area contributed by atoms with Crippen LogP contribution in [0, 0.1) is 11.8 Å². The van der Waals surface area contributed by atoms with Gasteiger partial charge in [-0.15, -0.1) is 0 Å². The lowest BCUT2D eigenvalue weighted by Crippen LogP contribution is -2.42. The lowest BCUT2D eigenvalue weighted by molar-refractivity contribution is -0.134. The van der Waals surface area contributed by atoms with Crippen LogP contribution in [0.3, 0.4) is 0 Å². The fourth-order valence-corrected chi connectivity index (χ4v) is 2.12. The minimum atomic E-state index is -0.996. The number of primary amides is 1. The van der Waals surface area contributed by atoms with E-state index in [1.165, 1.54) is 0 Å². The van der Waals surface area contributed by atoms with Gasteiger partial charge in [0, 0.05) is 11.1 Å². The molecule has 1 heterocycles. The standard InChI is InChI=1S/C13H20N2O3/c1-5-7(3)9-10(8(4)6-2)12(17)15(11(9)16)13(14)18/h7-8H,5-6H2,1-4H3,(H2,14,18). The van der Waals surface area contributed by atoms with Crippen LogP contribution in [0.1, 0.15) is 40.5 Å². The molecule has 1 aliphatic rings. The first-order valence-electron chi connectivity index (χ1n) is 6.28. The van der Waals surface area contributed by atoms with E-state index in [0.29, 0.717) is 16.0 Å². The maximum atomic E-state index is 12.1. The second-order valence-electron chi connectivity index (χ2n) is 4.73. The van der Waals surface area contributed by atoms with E-state index >= 15 is 0 Å². The molecule has 0 aliphatic carbocycles. The number of nitrogens with two attached hydrogens (primary N) is 1. The fourth-order valence-electron chi connectivity index (χ4n) is 2.12. The molecule has 0 aromatic carbocycles. The highest BCUT2D eigenvalue weighted by molar-refractivity contribution is 6.27. The molecule has 0 bridgehead atoms. The highest BCUT2D eigenvalue weighted by atomic mass is 16.2. The molecule has 1 rings (SSSR count). The van der Waals surface area contributed by atoms with Crippen LogP contribution in [0.5, 0.6) is 0 Å². The third kappa shape index (κ3) is 2.17. The highest BCUT2D eigenvalue weighted by Crippen LogP contribution is 2.33. The molecule has 2 N–H and O–H groups in total. The quantitative estimate of drug-likeness (QED) is 0.775. The summed E-state index contributed by atoms with van der Waals surface area (Å²) in [4.78, 5) is 36.0. The average Bonchev–Trinajstić information content (AvgIpc) is 2.58. The summed E-state index contributed by atoms with van der Waals surface area (Å²) in [5.74, 6) is -1.18. The first-order valence-corrected chi connectivity index (χ1v) is 6.28. The van der Waals surface area contributed by atoms with Crippen molar-refractivity contribution in [3.05, 3.63) is 11.1 Å². The second-order valence-corrected chi connectivity index (χ2v) is 4.73. The van der Waals surface area contributed by atoms with Gasteiger partial charge in [0.15, 0.2) is 0 Å². The zero-order valence-corrected chi connectivity index (χ0v) is 11.3. The summed E-state index contributed by atoms with van der Waals surface area (Å²) in [6, 6.07) is -0.996. The molecule has 5 nitrogen and oxygen atoms in total. The third-order valence-electron chi connectivity index (χ3n) is 3.59. The Kier molecular flexibility index (Phi) is 4.27. The Morgan fingerprint density at radius 2 is 1.39 bits per heavy atom. The van der Waals surface area contributed by atoms with Gasteiger partial charge < -0.3 is 5.73 Å². The van der Waals surface area contributed by atoms with Gasteiger partial charge in [-0.1, -0.05) is 27.7 Å². The number of hydrogen-bond acceptors (Lipinski definition) is 3. The first-order chi connectivity index (χ1) is 8.36. The minimum Gasteiger partial charge on any atom is -0.351 e. The zero-order chi connectivity index (χ0) is 14.0. The van der Waals surface area contributed by atoms with E-state index in [2.05, 4.69) is 0 Å². The van der Waals surface area contributed by atoms with Gasteiger partial charge in [0.2, 0.25) is 0 Å². The summed E-state index contributed by atoms with van der Waals surface area (Å²) in [7, 11) is 0. The maximum absolute atomic E-state index is 12.1. The lowest BCUT2D eigenvalue weighted by atomic mass is 9.88. The third-order valence-corrected chi connectivity index (χ3v) is 3.59. The lowest BCUT2D eigenvalue weighted by Gasteiger charge is -2.13. The van der Waals surface area contributed by atoms with Crippen LogP contribution in [0.25, 0.3) is 0 Å². The summed E-state index contributed by atoms with van der Waals surface area (Å²) >= 11 is 0. The largest absolute Gasteiger partial charge is 0.351 e. The van der Waals surface area contributed by atoms with Crippen LogP contribution in [-0.2, 0) is 9.59 Å². The molecule has 0 aromatic rings. The SMILES string of the molecule is CCC(C)C1=C(C(C)CC)C(=O)N(C(N)=O)C1=O. The number of carbonyl (C=O) groups is 3. The molecule has 0 saturated carbocycles. The number of amides is 4.